The van der Waals surface area contributed by atoms with Gasteiger partial charge in [-0.05, 0) is 29.7 Å². The molecule has 0 aliphatic carbocycles. The first-order valence-corrected chi connectivity index (χ1v) is 8.68. The Balaban J connectivity index is 1.50. The van der Waals surface area contributed by atoms with Crippen LogP contribution in [0.4, 0.5) is 4.79 Å². The summed E-state index contributed by atoms with van der Waals surface area (Å²) in [6.07, 6.45) is 4.32. The molecule has 8 heteroatoms. The van der Waals surface area contributed by atoms with Crippen LogP contribution in [0.3, 0.4) is 0 Å². The Labute approximate surface area is 137 Å². The maximum atomic E-state index is 12.1. The van der Waals surface area contributed by atoms with Gasteiger partial charge in [0.1, 0.15) is 0 Å². The Bertz CT molecular complexity index is 524. The minimum Gasteiger partial charge on any atom is -0.326 e. The van der Waals surface area contributed by atoms with Crippen LogP contribution in [0.25, 0.3) is 0 Å². The highest BCUT2D eigenvalue weighted by Gasteiger charge is 2.33. The largest absolute Gasteiger partial charge is 0.326 e. The minimum atomic E-state index is 0.187. The minimum absolute atomic E-state index is 0.187. The number of aromatic nitrogens is 4. The van der Waals surface area contributed by atoms with Gasteiger partial charge < -0.3 is 9.80 Å². The third-order valence-electron chi connectivity index (χ3n) is 4.94. The number of amides is 2. The molecule has 0 unspecified atom stereocenters. The van der Waals surface area contributed by atoms with Crippen molar-refractivity contribution in [1.29, 1.82) is 0 Å². The van der Waals surface area contributed by atoms with Crippen LogP contribution in [0.15, 0.2) is 0 Å². The second kappa shape index (κ2) is 7.25. The van der Waals surface area contributed by atoms with Crippen LogP contribution in [0.1, 0.15) is 38.4 Å². The number of piperidine rings is 1. The monoisotopic (exact) mass is 321 g/mol. The fraction of sp³-hybridized carbons (Fsp3) is 0.867. The van der Waals surface area contributed by atoms with Crippen molar-refractivity contribution in [2.24, 2.45) is 0 Å². The standard InChI is InChI=1S/C15H27N7O/c1-3-4-7-22-14(16-17-18-22)12-20-8-5-13(6-9-20)21-11-10-19(2)15(21)23/h13H,3-12H2,1-2H3. The summed E-state index contributed by atoms with van der Waals surface area (Å²) in [6.45, 7) is 7.59. The number of likely N-dealkylation sites (N-methyl/N-ethyl adjacent to an activating group) is 1. The summed E-state index contributed by atoms with van der Waals surface area (Å²) in [7, 11) is 1.88. The van der Waals surface area contributed by atoms with E-state index in [1.165, 1.54) is 0 Å². The van der Waals surface area contributed by atoms with E-state index in [0.717, 1.165) is 70.8 Å². The molecule has 3 heterocycles. The number of likely N-dealkylation sites (tertiary alicyclic amines) is 1. The van der Waals surface area contributed by atoms with Gasteiger partial charge in [0.25, 0.3) is 0 Å². The number of nitrogens with zero attached hydrogens (tertiary/aromatic N) is 7. The van der Waals surface area contributed by atoms with Gasteiger partial charge in [0.05, 0.1) is 6.54 Å². The van der Waals surface area contributed by atoms with E-state index in [2.05, 4.69) is 27.3 Å². The number of tetrazole rings is 1. The molecule has 3 rings (SSSR count). The van der Waals surface area contributed by atoms with Gasteiger partial charge in [0.2, 0.25) is 0 Å². The molecule has 0 aromatic carbocycles. The molecule has 0 saturated carbocycles. The second-order valence-corrected chi connectivity index (χ2v) is 6.58. The van der Waals surface area contributed by atoms with Crippen LogP contribution in [0.2, 0.25) is 0 Å². The van der Waals surface area contributed by atoms with Gasteiger partial charge in [0.15, 0.2) is 5.82 Å². The number of carbonyl (C=O) groups is 1. The van der Waals surface area contributed by atoms with Gasteiger partial charge in [-0.15, -0.1) is 5.10 Å². The molecule has 23 heavy (non-hydrogen) atoms. The van der Waals surface area contributed by atoms with Crippen molar-refractivity contribution in [2.45, 2.75) is 51.7 Å². The summed E-state index contributed by atoms with van der Waals surface area (Å²) in [6, 6.07) is 0.576. The lowest BCUT2D eigenvalue weighted by Crippen LogP contribution is -2.46. The number of aryl methyl sites for hydroxylation is 1. The lowest BCUT2D eigenvalue weighted by Gasteiger charge is -2.36. The van der Waals surface area contributed by atoms with Gasteiger partial charge in [-0.25, -0.2) is 9.48 Å². The lowest BCUT2D eigenvalue weighted by molar-refractivity contribution is 0.125. The van der Waals surface area contributed by atoms with Crippen molar-refractivity contribution in [1.82, 2.24) is 34.9 Å². The molecule has 8 nitrogen and oxygen atoms in total. The van der Waals surface area contributed by atoms with Crippen LogP contribution in [0, 0.1) is 0 Å². The number of urea groups is 1. The maximum absolute atomic E-state index is 12.1. The fourth-order valence-electron chi connectivity index (χ4n) is 3.41. The van der Waals surface area contributed by atoms with Crippen LogP contribution in [-0.2, 0) is 13.1 Å². The quantitative estimate of drug-likeness (QED) is 0.775. The molecule has 2 amide bonds. The predicted molar refractivity (Wildman–Crippen MR) is 85.8 cm³/mol. The van der Waals surface area contributed by atoms with Gasteiger partial charge >= 0.3 is 6.03 Å². The molecule has 0 spiro atoms. The number of hydrogen-bond acceptors (Lipinski definition) is 5. The average Bonchev–Trinajstić information content (AvgIpc) is 3.14. The van der Waals surface area contributed by atoms with E-state index >= 15 is 0 Å². The van der Waals surface area contributed by atoms with E-state index in [4.69, 9.17) is 0 Å². The Kier molecular flexibility index (Phi) is 5.09. The Morgan fingerprint density at radius 2 is 1.96 bits per heavy atom. The molecule has 0 radical (unpaired) electrons. The number of unbranched alkanes of at least 4 members (excludes halogenated alkanes) is 1. The highest BCUT2D eigenvalue weighted by atomic mass is 16.2. The van der Waals surface area contributed by atoms with E-state index in [9.17, 15) is 4.79 Å². The fourth-order valence-corrected chi connectivity index (χ4v) is 3.41. The number of carbonyl (C=O) groups excluding carboxylic acids is 1. The zero-order valence-electron chi connectivity index (χ0n) is 14.2. The molecule has 1 aromatic rings. The van der Waals surface area contributed by atoms with Gasteiger partial charge in [-0.1, -0.05) is 13.3 Å². The highest BCUT2D eigenvalue weighted by molar-refractivity contribution is 5.76. The molecule has 1 aromatic heterocycles. The van der Waals surface area contributed by atoms with E-state index in [-0.39, 0.29) is 6.03 Å². The zero-order chi connectivity index (χ0) is 16.2. The van der Waals surface area contributed by atoms with Crippen molar-refractivity contribution in [3.8, 4) is 0 Å². The van der Waals surface area contributed by atoms with Crippen molar-refractivity contribution < 1.29 is 4.79 Å². The Morgan fingerprint density at radius 1 is 1.17 bits per heavy atom. The molecule has 2 aliphatic rings. The van der Waals surface area contributed by atoms with E-state index in [0.29, 0.717) is 6.04 Å². The van der Waals surface area contributed by atoms with Gasteiger partial charge in [-0.2, -0.15) is 0 Å². The SMILES string of the molecule is CCCCn1nnnc1CN1CCC(N2CCN(C)C2=O)CC1. The lowest BCUT2D eigenvalue weighted by atomic mass is 10.0. The smallest absolute Gasteiger partial charge is 0.320 e. The van der Waals surface area contributed by atoms with Crippen LogP contribution < -0.4 is 0 Å². The maximum Gasteiger partial charge on any atom is 0.320 e. The third kappa shape index (κ3) is 3.63. The van der Waals surface area contributed by atoms with Crippen molar-refractivity contribution >= 4 is 6.03 Å². The molecule has 0 N–H and O–H groups in total. The van der Waals surface area contributed by atoms with E-state index in [1.807, 2.05) is 21.5 Å². The van der Waals surface area contributed by atoms with E-state index in [1.54, 1.807) is 0 Å². The molecule has 0 atom stereocenters. The van der Waals surface area contributed by atoms with Gasteiger partial charge in [-0.3, -0.25) is 4.90 Å². The van der Waals surface area contributed by atoms with Crippen molar-refractivity contribution in [3.63, 3.8) is 0 Å². The first-order chi connectivity index (χ1) is 11.2. The molecule has 2 saturated heterocycles. The normalized spacial score (nSPS) is 20.7. The van der Waals surface area contributed by atoms with Gasteiger partial charge in [0, 0.05) is 45.8 Å². The third-order valence-corrected chi connectivity index (χ3v) is 4.94. The second-order valence-electron chi connectivity index (χ2n) is 6.58. The predicted octanol–water partition coefficient (Wildman–Crippen LogP) is 0.805. The summed E-state index contributed by atoms with van der Waals surface area (Å²) >= 11 is 0. The summed E-state index contributed by atoms with van der Waals surface area (Å²) in [5.41, 5.74) is 0. The first-order valence-electron chi connectivity index (χ1n) is 8.68. The zero-order valence-corrected chi connectivity index (χ0v) is 14.2. The molecule has 0 bridgehead atoms. The van der Waals surface area contributed by atoms with Crippen molar-refractivity contribution in [3.05, 3.63) is 5.82 Å². The summed E-state index contributed by atoms with van der Waals surface area (Å²) < 4.78 is 1.93. The molecular weight excluding hydrogens is 294 g/mol. The molecule has 128 valence electrons. The molecule has 2 fully saturated rings. The highest BCUT2D eigenvalue weighted by Crippen LogP contribution is 2.21. The molecular formula is C15H27N7O. The van der Waals surface area contributed by atoms with Crippen LogP contribution in [0.5, 0.6) is 0 Å². The number of rotatable bonds is 6. The first kappa shape index (κ1) is 16.2. The van der Waals surface area contributed by atoms with Crippen LogP contribution in [-0.4, -0.2) is 80.2 Å². The Hall–Kier alpha value is -1.70. The summed E-state index contributed by atoms with van der Waals surface area (Å²) in [5.74, 6) is 0.953. The average molecular weight is 321 g/mol. The summed E-state index contributed by atoms with van der Waals surface area (Å²) in [4.78, 5) is 18.4. The molecule has 2 aliphatic heterocycles. The van der Waals surface area contributed by atoms with Crippen LogP contribution >= 0.6 is 0 Å². The number of hydrogen-bond donors (Lipinski definition) is 0. The topological polar surface area (TPSA) is 70.4 Å². The van der Waals surface area contributed by atoms with Crippen molar-refractivity contribution in [2.75, 3.05) is 33.2 Å². The summed E-state index contributed by atoms with van der Waals surface area (Å²) in [5, 5.41) is 12.1. The van der Waals surface area contributed by atoms with E-state index < -0.39 is 0 Å². The Morgan fingerprint density at radius 3 is 2.61 bits per heavy atom.